The highest BCUT2D eigenvalue weighted by Crippen LogP contribution is 2.12. The van der Waals surface area contributed by atoms with E-state index in [2.05, 4.69) is 15.6 Å². The molecule has 1 heterocycles. The Balaban J connectivity index is 0.00000400. The summed E-state index contributed by atoms with van der Waals surface area (Å²) in [5.41, 5.74) is 0. The first-order valence-electron chi connectivity index (χ1n) is 7.05. The third-order valence-electron chi connectivity index (χ3n) is 3.07. The number of hydrogen-bond acceptors (Lipinski definition) is 2. The van der Waals surface area contributed by atoms with Crippen LogP contribution >= 0.6 is 24.0 Å². The van der Waals surface area contributed by atoms with E-state index in [1.54, 1.807) is 4.90 Å². The normalized spacial score (nSPS) is 18.9. The van der Waals surface area contributed by atoms with Crippen LogP contribution in [0.2, 0.25) is 0 Å². The summed E-state index contributed by atoms with van der Waals surface area (Å²) in [6, 6.07) is 0.0631. The number of carbonyl (C=O) groups excluding carboxylic acids is 1. The van der Waals surface area contributed by atoms with E-state index >= 15 is 0 Å². The van der Waals surface area contributed by atoms with Gasteiger partial charge in [0.15, 0.2) is 5.96 Å². The predicted octanol–water partition coefficient (Wildman–Crippen LogP) is 1.68. The monoisotopic (exact) mass is 418 g/mol. The van der Waals surface area contributed by atoms with Crippen LogP contribution in [0.1, 0.15) is 27.2 Å². The van der Waals surface area contributed by atoms with Crippen molar-refractivity contribution in [3.63, 3.8) is 0 Å². The van der Waals surface area contributed by atoms with Crippen molar-refractivity contribution in [1.82, 2.24) is 15.5 Å². The predicted molar refractivity (Wildman–Crippen MR) is 90.4 cm³/mol. The van der Waals surface area contributed by atoms with Gasteiger partial charge in [-0.3, -0.25) is 4.79 Å². The molecule has 1 saturated heterocycles. The minimum Gasteiger partial charge on any atom is -0.357 e. The molecule has 1 atom stereocenters. The molecule has 124 valence electrons. The summed E-state index contributed by atoms with van der Waals surface area (Å²) < 4.78 is 24.4. The minimum absolute atomic E-state index is 0. The summed E-state index contributed by atoms with van der Waals surface area (Å²) >= 11 is 0. The van der Waals surface area contributed by atoms with Crippen LogP contribution in [0.3, 0.4) is 0 Å². The van der Waals surface area contributed by atoms with Crippen LogP contribution in [-0.2, 0) is 4.79 Å². The number of rotatable bonds is 5. The fraction of sp³-hybridized carbons (Fsp3) is 0.846. The first-order valence-corrected chi connectivity index (χ1v) is 7.05. The molecule has 1 aliphatic rings. The number of hydrogen-bond donors (Lipinski definition) is 2. The zero-order valence-corrected chi connectivity index (χ0v) is 15.1. The first-order chi connectivity index (χ1) is 9.43. The zero-order chi connectivity index (χ0) is 15.1. The SMILES string of the molecule is CCNC(=NCC(F)F)NC1CCN(C(=O)C(C)C)C1.I. The van der Waals surface area contributed by atoms with Gasteiger partial charge in [-0.1, -0.05) is 13.8 Å². The Labute approximate surface area is 142 Å². The quantitative estimate of drug-likeness (QED) is 0.406. The minimum atomic E-state index is -2.45. The summed E-state index contributed by atoms with van der Waals surface area (Å²) in [5.74, 6) is 0.495. The Bertz CT molecular complexity index is 353. The van der Waals surface area contributed by atoms with Crippen LogP contribution in [0, 0.1) is 5.92 Å². The Kier molecular flexibility index (Phi) is 9.80. The Morgan fingerprint density at radius 3 is 2.62 bits per heavy atom. The number of likely N-dealkylation sites (tertiary alicyclic amines) is 1. The van der Waals surface area contributed by atoms with Crippen LogP contribution in [0.15, 0.2) is 4.99 Å². The standard InChI is InChI=1S/C13H24F2N4O.HI/c1-4-16-13(17-7-11(14)15)18-10-5-6-19(8-10)12(20)9(2)3;/h9-11H,4-8H2,1-3H3,(H2,16,17,18);1H. The molecule has 1 rings (SSSR count). The van der Waals surface area contributed by atoms with Gasteiger partial charge >= 0.3 is 0 Å². The molecule has 0 saturated carbocycles. The maximum absolute atomic E-state index is 12.2. The van der Waals surface area contributed by atoms with Gasteiger partial charge in [-0.05, 0) is 13.3 Å². The number of aliphatic imine (C=N–C) groups is 1. The average Bonchev–Trinajstić information content (AvgIpc) is 2.83. The number of halogens is 3. The summed E-state index contributed by atoms with van der Waals surface area (Å²) in [6.07, 6.45) is -1.65. The van der Waals surface area contributed by atoms with Crippen LogP contribution in [-0.4, -0.2) is 55.4 Å². The molecule has 0 bridgehead atoms. The fourth-order valence-corrected chi connectivity index (χ4v) is 2.12. The lowest BCUT2D eigenvalue weighted by Gasteiger charge is -2.20. The van der Waals surface area contributed by atoms with Gasteiger partial charge in [-0.15, -0.1) is 24.0 Å². The second kappa shape index (κ2) is 10.1. The lowest BCUT2D eigenvalue weighted by atomic mass is 10.2. The molecule has 0 aliphatic carbocycles. The second-order valence-electron chi connectivity index (χ2n) is 5.18. The lowest BCUT2D eigenvalue weighted by molar-refractivity contribution is -0.133. The van der Waals surface area contributed by atoms with Gasteiger partial charge in [0.05, 0.1) is 0 Å². The molecule has 0 spiro atoms. The van der Waals surface area contributed by atoms with Crippen LogP contribution in [0.5, 0.6) is 0 Å². The van der Waals surface area contributed by atoms with Crippen molar-refractivity contribution in [1.29, 1.82) is 0 Å². The van der Waals surface area contributed by atoms with Crippen molar-refractivity contribution in [2.45, 2.75) is 39.7 Å². The van der Waals surface area contributed by atoms with Crippen LogP contribution in [0.4, 0.5) is 8.78 Å². The van der Waals surface area contributed by atoms with E-state index in [1.165, 1.54) is 0 Å². The number of alkyl halides is 2. The lowest BCUT2D eigenvalue weighted by Crippen LogP contribution is -2.45. The smallest absolute Gasteiger partial charge is 0.257 e. The van der Waals surface area contributed by atoms with Crippen molar-refractivity contribution in [2.75, 3.05) is 26.2 Å². The summed E-state index contributed by atoms with van der Waals surface area (Å²) in [6.45, 7) is 7.00. The molecule has 1 aliphatic heterocycles. The molecular formula is C13H25F2IN4O. The van der Waals surface area contributed by atoms with E-state index in [0.29, 0.717) is 25.6 Å². The van der Waals surface area contributed by atoms with Gasteiger partial charge in [0.25, 0.3) is 6.43 Å². The molecule has 1 fully saturated rings. The maximum atomic E-state index is 12.2. The van der Waals surface area contributed by atoms with Crippen LogP contribution < -0.4 is 10.6 Å². The van der Waals surface area contributed by atoms with E-state index < -0.39 is 13.0 Å². The highest BCUT2D eigenvalue weighted by molar-refractivity contribution is 14.0. The molecule has 1 amide bonds. The summed E-state index contributed by atoms with van der Waals surface area (Å²) in [5, 5.41) is 6.04. The number of amides is 1. The van der Waals surface area contributed by atoms with Gasteiger partial charge in [-0.25, -0.2) is 13.8 Å². The van der Waals surface area contributed by atoms with Crippen molar-refractivity contribution in [3.8, 4) is 0 Å². The molecular weight excluding hydrogens is 393 g/mol. The molecule has 2 N–H and O–H groups in total. The highest BCUT2D eigenvalue weighted by atomic mass is 127. The van der Waals surface area contributed by atoms with Gasteiger partial charge in [0.2, 0.25) is 5.91 Å². The number of nitrogens with zero attached hydrogens (tertiary/aromatic N) is 2. The Hall–Kier alpha value is -0.670. The first kappa shape index (κ1) is 20.3. The largest absolute Gasteiger partial charge is 0.357 e. The number of guanidine groups is 1. The van der Waals surface area contributed by atoms with Crippen molar-refractivity contribution in [3.05, 3.63) is 0 Å². The van der Waals surface area contributed by atoms with E-state index in [4.69, 9.17) is 0 Å². The molecule has 0 aromatic heterocycles. The van der Waals surface area contributed by atoms with Crippen LogP contribution in [0.25, 0.3) is 0 Å². The Morgan fingerprint density at radius 1 is 1.43 bits per heavy atom. The van der Waals surface area contributed by atoms with E-state index in [1.807, 2.05) is 20.8 Å². The molecule has 21 heavy (non-hydrogen) atoms. The summed E-state index contributed by atoms with van der Waals surface area (Å²) in [7, 11) is 0. The van der Waals surface area contributed by atoms with Gasteiger partial charge < -0.3 is 15.5 Å². The van der Waals surface area contributed by atoms with E-state index in [9.17, 15) is 13.6 Å². The van der Waals surface area contributed by atoms with E-state index in [-0.39, 0.29) is 41.8 Å². The van der Waals surface area contributed by atoms with Crippen molar-refractivity contribution >= 4 is 35.8 Å². The van der Waals surface area contributed by atoms with Gasteiger partial charge in [0.1, 0.15) is 6.54 Å². The number of carbonyl (C=O) groups is 1. The molecule has 0 aromatic rings. The van der Waals surface area contributed by atoms with Crippen molar-refractivity contribution in [2.24, 2.45) is 10.9 Å². The molecule has 1 unspecified atom stereocenters. The topological polar surface area (TPSA) is 56.7 Å². The zero-order valence-electron chi connectivity index (χ0n) is 12.7. The molecule has 0 aromatic carbocycles. The maximum Gasteiger partial charge on any atom is 0.257 e. The molecule has 0 radical (unpaired) electrons. The highest BCUT2D eigenvalue weighted by Gasteiger charge is 2.27. The Morgan fingerprint density at radius 2 is 2.10 bits per heavy atom. The van der Waals surface area contributed by atoms with E-state index in [0.717, 1.165) is 6.42 Å². The molecule has 5 nitrogen and oxygen atoms in total. The van der Waals surface area contributed by atoms with Gasteiger partial charge in [0, 0.05) is 31.6 Å². The van der Waals surface area contributed by atoms with Crippen molar-refractivity contribution < 1.29 is 13.6 Å². The van der Waals surface area contributed by atoms with Gasteiger partial charge in [-0.2, -0.15) is 0 Å². The second-order valence-corrected chi connectivity index (χ2v) is 5.18. The third kappa shape index (κ3) is 7.23. The molecule has 8 heteroatoms. The number of nitrogens with one attached hydrogen (secondary N) is 2. The fourth-order valence-electron chi connectivity index (χ4n) is 2.12. The third-order valence-corrected chi connectivity index (χ3v) is 3.07. The summed E-state index contributed by atoms with van der Waals surface area (Å²) in [4.78, 5) is 17.5. The average molecular weight is 418 g/mol.